The number of benzene rings is 1. The Kier molecular flexibility index (Phi) is 3.29. The summed E-state index contributed by atoms with van der Waals surface area (Å²) in [5, 5.41) is 2.97. The molecule has 0 N–H and O–H groups in total. The Hall–Kier alpha value is -1.54. The highest BCUT2D eigenvalue weighted by Gasteiger charge is 2.05. The summed E-state index contributed by atoms with van der Waals surface area (Å²) in [6, 6.07) is 7.46. The van der Waals surface area contributed by atoms with E-state index >= 15 is 0 Å². The van der Waals surface area contributed by atoms with Crippen molar-refractivity contribution in [2.24, 2.45) is 5.11 Å². The fourth-order valence-corrected chi connectivity index (χ4v) is 1.12. The molecule has 1 atom stereocenters. The lowest BCUT2D eigenvalue weighted by Gasteiger charge is -2.04. The van der Waals surface area contributed by atoms with E-state index in [1.54, 1.807) is 0 Å². The fraction of sp³-hybridized carbons (Fsp3) is 0.333. The van der Waals surface area contributed by atoms with Crippen molar-refractivity contribution in [2.45, 2.75) is 19.6 Å². The first-order chi connectivity index (χ1) is 6.24. The summed E-state index contributed by atoms with van der Waals surface area (Å²) in [6.45, 7) is 1.90. The van der Waals surface area contributed by atoms with Crippen LogP contribution >= 0.6 is 0 Å². The average Bonchev–Trinajstić information content (AvgIpc) is 2.09. The summed E-state index contributed by atoms with van der Waals surface area (Å²) in [4.78, 5) is 2.41. The van der Waals surface area contributed by atoms with Crippen molar-refractivity contribution in [3.05, 3.63) is 45.8 Å². The molecule has 1 aromatic rings. The lowest BCUT2D eigenvalue weighted by Crippen LogP contribution is -2.01. The van der Waals surface area contributed by atoms with Crippen LogP contribution in [-0.2, 0) is 6.42 Å². The van der Waals surface area contributed by atoms with Gasteiger partial charge in [-0.2, -0.15) is 0 Å². The second-order valence-corrected chi connectivity index (χ2v) is 2.77. The summed E-state index contributed by atoms with van der Waals surface area (Å²) in [6.07, 6.45) is -1.32. The highest BCUT2D eigenvalue weighted by Crippen LogP contribution is 2.11. The Morgan fingerprint density at radius 1 is 1.54 bits per heavy atom. The maximum atomic E-state index is 12.8. The molecule has 0 spiro atoms. The number of azide groups is 1. The first-order valence-electron chi connectivity index (χ1n) is 3.97. The Labute approximate surface area is 75.8 Å². The van der Waals surface area contributed by atoms with Crippen molar-refractivity contribution < 1.29 is 4.39 Å². The van der Waals surface area contributed by atoms with Crippen molar-refractivity contribution in [2.75, 3.05) is 0 Å². The summed E-state index contributed by atoms with van der Waals surface area (Å²) >= 11 is 0. The van der Waals surface area contributed by atoms with Crippen LogP contribution in [0.2, 0.25) is 0 Å². The lowest BCUT2D eigenvalue weighted by atomic mass is 10.1. The quantitative estimate of drug-likeness (QED) is 0.296. The smallest absolute Gasteiger partial charge is 0.182 e. The van der Waals surface area contributed by atoms with Crippen LogP contribution in [0, 0.1) is 6.92 Å². The van der Waals surface area contributed by atoms with Crippen molar-refractivity contribution in [1.82, 2.24) is 0 Å². The molecule has 0 bridgehead atoms. The molecule has 0 aliphatic rings. The van der Waals surface area contributed by atoms with Gasteiger partial charge in [0.25, 0.3) is 0 Å². The molecule has 0 aromatic heterocycles. The Morgan fingerprint density at radius 3 is 2.85 bits per heavy atom. The maximum absolute atomic E-state index is 12.8. The molecule has 0 heterocycles. The lowest BCUT2D eigenvalue weighted by molar-refractivity contribution is 0.341. The zero-order valence-electron chi connectivity index (χ0n) is 7.31. The largest absolute Gasteiger partial charge is 0.241 e. The zero-order chi connectivity index (χ0) is 9.68. The van der Waals surface area contributed by atoms with Crippen molar-refractivity contribution in [1.29, 1.82) is 0 Å². The van der Waals surface area contributed by atoms with Crippen LogP contribution in [0.1, 0.15) is 11.1 Å². The van der Waals surface area contributed by atoms with E-state index in [0.29, 0.717) is 0 Å². The van der Waals surface area contributed by atoms with E-state index in [2.05, 4.69) is 10.0 Å². The van der Waals surface area contributed by atoms with E-state index in [1.807, 2.05) is 31.2 Å². The van der Waals surface area contributed by atoms with Crippen LogP contribution in [0.25, 0.3) is 10.4 Å². The van der Waals surface area contributed by atoms with Gasteiger partial charge in [-0.15, -0.1) is 0 Å². The molecule has 0 fully saturated rings. The molecule has 3 nitrogen and oxygen atoms in total. The van der Waals surface area contributed by atoms with Crippen molar-refractivity contribution >= 4 is 0 Å². The molecule has 68 valence electrons. The number of rotatable bonds is 3. The summed E-state index contributed by atoms with van der Waals surface area (Å²) in [5.41, 5.74) is 9.89. The molecule has 0 aliphatic carbocycles. The van der Waals surface area contributed by atoms with Crippen LogP contribution in [0.15, 0.2) is 29.4 Å². The first kappa shape index (κ1) is 9.55. The monoisotopic (exact) mass is 179 g/mol. The third kappa shape index (κ3) is 2.76. The number of halogens is 1. The number of nitrogens with zero attached hydrogens (tertiary/aromatic N) is 3. The minimum atomic E-state index is -1.47. The van der Waals surface area contributed by atoms with Gasteiger partial charge < -0.3 is 0 Å². The van der Waals surface area contributed by atoms with Gasteiger partial charge in [0.05, 0.1) is 0 Å². The van der Waals surface area contributed by atoms with E-state index in [9.17, 15) is 4.39 Å². The van der Waals surface area contributed by atoms with Crippen LogP contribution in [0.3, 0.4) is 0 Å². The minimum absolute atomic E-state index is 0.150. The molecule has 1 aromatic carbocycles. The summed E-state index contributed by atoms with van der Waals surface area (Å²) in [5.74, 6) is 0. The number of hydrogen-bond acceptors (Lipinski definition) is 1. The van der Waals surface area contributed by atoms with E-state index < -0.39 is 6.30 Å². The van der Waals surface area contributed by atoms with Gasteiger partial charge in [0.2, 0.25) is 0 Å². The SMILES string of the molecule is Cc1ccccc1CC(F)N=[N+]=[N-]. The van der Waals surface area contributed by atoms with Gasteiger partial charge >= 0.3 is 0 Å². The number of aryl methyl sites for hydroxylation is 1. The van der Waals surface area contributed by atoms with Gasteiger partial charge in [-0.1, -0.05) is 29.4 Å². The molecular weight excluding hydrogens is 169 g/mol. The third-order valence-corrected chi connectivity index (χ3v) is 1.83. The van der Waals surface area contributed by atoms with Crippen LogP contribution in [0.5, 0.6) is 0 Å². The normalized spacial score (nSPS) is 11.8. The van der Waals surface area contributed by atoms with Gasteiger partial charge in [-0.3, -0.25) is 0 Å². The molecular formula is C9H10FN3. The molecule has 0 radical (unpaired) electrons. The number of alkyl halides is 1. The van der Waals surface area contributed by atoms with Crippen LogP contribution < -0.4 is 0 Å². The predicted octanol–water partition coefficient (Wildman–Crippen LogP) is 3.14. The molecule has 0 amide bonds. The summed E-state index contributed by atoms with van der Waals surface area (Å²) < 4.78 is 12.8. The second kappa shape index (κ2) is 4.48. The maximum Gasteiger partial charge on any atom is 0.182 e. The summed E-state index contributed by atoms with van der Waals surface area (Å²) in [7, 11) is 0. The fourth-order valence-electron chi connectivity index (χ4n) is 1.12. The standard InChI is InChI=1S/C9H10FN3/c1-7-4-2-3-5-8(7)6-9(10)12-13-11/h2-5,9H,6H2,1H3. The van der Waals surface area contributed by atoms with Gasteiger partial charge in [0.1, 0.15) is 0 Å². The van der Waals surface area contributed by atoms with Gasteiger partial charge in [-0.05, 0) is 23.6 Å². The van der Waals surface area contributed by atoms with Crippen LogP contribution in [0.4, 0.5) is 4.39 Å². The molecule has 1 unspecified atom stereocenters. The van der Waals surface area contributed by atoms with Gasteiger partial charge in [-0.25, -0.2) is 4.39 Å². The topological polar surface area (TPSA) is 48.8 Å². The third-order valence-electron chi connectivity index (χ3n) is 1.83. The predicted molar refractivity (Wildman–Crippen MR) is 48.9 cm³/mol. The van der Waals surface area contributed by atoms with Crippen molar-refractivity contribution in [3.63, 3.8) is 0 Å². The van der Waals surface area contributed by atoms with E-state index in [4.69, 9.17) is 5.53 Å². The zero-order valence-corrected chi connectivity index (χ0v) is 7.31. The molecule has 4 heteroatoms. The Bertz CT molecular complexity index is 331. The van der Waals surface area contributed by atoms with Crippen molar-refractivity contribution in [3.8, 4) is 0 Å². The van der Waals surface area contributed by atoms with Gasteiger partial charge in [0, 0.05) is 11.3 Å². The Morgan fingerprint density at radius 2 is 2.23 bits per heavy atom. The number of hydrogen-bond donors (Lipinski definition) is 0. The molecule has 1 rings (SSSR count). The molecule has 0 aliphatic heterocycles. The van der Waals surface area contributed by atoms with E-state index in [-0.39, 0.29) is 6.42 Å². The van der Waals surface area contributed by atoms with Gasteiger partial charge in [0.15, 0.2) is 6.30 Å². The first-order valence-corrected chi connectivity index (χ1v) is 3.97. The van der Waals surface area contributed by atoms with E-state index in [0.717, 1.165) is 11.1 Å². The highest BCUT2D eigenvalue weighted by atomic mass is 19.1. The minimum Gasteiger partial charge on any atom is -0.241 e. The molecule has 13 heavy (non-hydrogen) atoms. The Balaban J connectivity index is 2.74. The second-order valence-electron chi connectivity index (χ2n) is 2.77. The van der Waals surface area contributed by atoms with E-state index in [1.165, 1.54) is 0 Å². The molecule has 0 saturated heterocycles. The van der Waals surface area contributed by atoms with Crippen LogP contribution in [-0.4, -0.2) is 6.30 Å². The molecule has 0 saturated carbocycles. The average molecular weight is 179 g/mol. The highest BCUT2D eigenvalue weighted by molar-refractivity contribution is 5.25.